The Balaban J connectivity index is 3.65. The van der Waals surface area contributed by atoms with E-state index in [1.807, 2.05) is 12.4 Å². The van der Waals surface area contributed by atoms with Crippen molar-refractivity contribution in [3.63, 3.8) is 0 Å². The smallest absolute Gasteiger partial charge is 0.183 e. The van der Waals surface area contributed by atoms with E-state index in [-0.39, 0.29) is 0 Å². The molecule has 0 spiro atoms. The van der Waals surface area contributed by atoms with E-state index < -0.39 is 0 Å². The van der Waals surface area contributed by atoms with Crippen molar-refractivity contribution in [3.05, 3.63) is 0 Å². The first-order valence-electron chi connectivity index (χ1n) is 3.52. The summed E-state index contributed by atoms with van der Waals surface area (Å²) in [5.41, 5.74) is 0. The van der Waals surface area contributed by atoms with Gasteiger partial charge in [-0.3, -0.25) is 10.3 Å². The number of hydrogen-bond acceptors (Lipinski definition) is 3. The molecule has 0 atom stereocenters. The standard InChI is InChI=1S/C8H11N3S/c1-3-4-5-6-10-8(12-2)11-7-9/h1H,4-6H2,2H3,(H,10,11). The van der Waals surface area contributed by atoms with E-state index in [0.717, 1.165) is 12.8 Å². The van der Waals surface area contributed by atoms with Crippen molar-refractivity contribution in [2.75, 3.05) is 12.8 Å². The Hall–Kier alpha value is -1.13. The van der Waals surface area contributed by atoms with Gasteiger partial charge < -0.3 is 0 Å². The van der Waals surface area contributed by atoms with E-state index in [1.165, 1.54) is 11.8 Å². The van der Waals surface area contributed by atoms with Crippen LogP contribution in [0.4, 0.5) is 0 Å². The van der Waals surface area contributed by atoms with Crippen molar-refractivity contribution in [2.45, 2.75) is 12.8 Å². The SMILES string of the molecule is C#CCCC/N=C(/NC#N)SC. The second-order valence-corrected chi connectivity index (χ2v) is 2.73. The number of nitrogens with one attached hydrogen (secondary N) is 1. The van der Waals surface area contributed by atoms with Gasteiger partial charge in [-0.05, 0) is 12.7 Å². The van der Waals surface area contributed by atoms with Crippen molar-refractivity contribution < 1.29 is 0 Å². The molecule has 0 aliphatic heterocycles. The molecule has 1 N–H and O–H groups in total. The lowest BCUT2D eigenvalue weighted by atomic mass is 10.3. The van der Waals surface area contributed by atoms with Gasteiger partial charge in [-0.25, -0.2) is 0 Å². The van der Waals surface area contributed by atoms with Crippen LogP contribution in [0.1, 0.15) is 12.8 Å². The second kappa shape index (κ2) is 7.97. The lowest BCUT2D eigenvalue weighted by molar-refractivity contribution is 0.869. The van der Waals surface area contributed by atoms with E-state index in [4.69, 9.17) is 11.7 Å². The highest BCUT2D eigenvalue weighted by Gasteiger charge is 1.92. The molecule has 0 amide bonds. The minimum atomic E-state index is 0.648. The number of hydrogen-bond donors (Lipinski definition) is 1. The minimum Gasteiger partial charge on any atom is -0.272 e. The lowest BCUT2D eigenvalue weighted by Gasteiger charge is -1.97. The first kappa shape index (κ1) is 10.9. The summed E-state index contributed by atoms with van der Waals surface area (Å²) in [7, 11) is 0. The molecule has 0 aliphatic carbocycles. The Kier molecular flexibility index (Phi) is 7.22. The van der Waals surface area contributed by atoms with Crippen LogP contribution in [0.5, 0.6) is 0 Å². The van der Waals surface area contributed by atoms with Crippen molar-refractivity contribution in [2.24, 2.45) is 4.99 Å². The van der Waals surface area contributed by atoms with Gasteiger partial charge in [-0.1, -0.05) is 11.8 Å². The third-order valence-corrected chi connectivity index (χ3v) is 1.71. The monoisotopic (exact) mass is 181 g/mol. The van der Waals surface area contributed by atoms with Crippen molar-refractivity contribution in [3.8, 4) is 18.5 Å². The van der Waals surface area contributed by atoms with Crippen LogP contribution in [0.2, 0.25) is 0 Å². The zero-order valence-corrected chi connectivity index (χ0v) is 7.82. The molecule has 0 aromatic rings. The summed E-state index contributed by atoms with van der Waals surface area (Å²) >= 11 is 1.42. The van der Waals surface area contributed by atoms with Gasteiger partial charge in [-0.2, -0.15) is 5.26 Å². The summed E-state index contributed by atoms with van der Waals surface area (Å²) in [6, 6.07) is 0. The molecule has 0 bridgehead atoms. The second-order valence-electron chi connectivity index (χ2n) is 1.94. The maximum atomic E-state index is 8.28. The van der Waals surface area contributed by atoms with Gasteiger partial charge in [-0.15, -0.1) is 12.3 Å². The molecule has 12 heavy (non-hydrogen) atoms. The Morgan fingerprint density at radius 2 is 2.50 bits per heavy atom. The summed E-state index contributed by atoms with van der Waals surface area (Å²) in [4.78, 5) is 4.12. The molecule has 0 aliphatic rings. The topological polar surface area (TPSA) is 48.2 Å². The molecular formula is C8H11N3S. The first-order chi connectivity index (χ1) is 5.85. The molecule has 0 saturated heterocycles. The Labute approximate surface area is 77.3 Å². The number of terminal acetylenes is 1. The quantitative estimate of drug-likeness (QED) is 0.178. The molecule has 0 rings (SSSR count). The van der Waals surface area contributed by atoms with Gasteiger partial charge in [0.1, 0.15) is 0 Å². The van der Waals surface area contributed by atoms with Crippen molar-refractivity contribution in [1.82, 2.24) is 5.32 Å². The van der Waals surface area contributed by atoms with E-state index in [2.05, 4.69) is 16.2 Å². The normalized spacial score (nSPS) is 10.1. The van der Waals surface area contributed by atoms with E-state index >= 15 is 0 Å². The van der Waals surface area contributed by atoms with Crippen LogP contribution in [0.25, 0.3) is 0 Å². The van der Waals surface area contributed by atoms with Crippen LogP contribution < -0.4 is 5.32 Å². The van der Waals surface area contributed by atoms with Crippen molar-refractivity contribution in [1.29, 1.82) is 5.26 Å². The Morgan fingerprint density at radius 3 is 3.00 bits per heavy atom. The Morgan fingerprint density at radius 1 is 1.75 bits per heavy atom. The van der Waals surface area contributed by atoms with Crippen LogP contribution >= 0.6 is 11.8 Å². The number of nitrogens with zero attached hydrogens (tertiary/aromatic N) is 2. The zero-order chi connectivity index (χ0) is 9.23. The highest BCUT2D eigenvalue weighted by atomic mass is 32.2. The van der Waals surface area contributed by atoms with Gasteiger partial charge in [0, 0.05) is 13.0 Å². The van der Waals surface area contributed by atoms with Crippen LogP contribution in [-0.4, -0.2) is 18.0 Å². The van der Waals surface area contributed by atoms with Gasteiger partial charge in [0.25, 0.3) is 0 Å². The molecule has 4 heteroatoms. The molecule has 0 fully saturated rings. The number of rotatable bonds is 3. The van der Waals surface area contributed by atoms with Crippen LogP contribution in [0.15, 0.2) is 4.99 Å². The molecule has 0 radical (unpaired) electrons. The number of aliphatic imine (C=N–C) groups is 1. The summed E-state index contributed by atoms with van der Waals surface area (Å²) in [5.74, 6) is 2.53. The van der Waals surface area contributed by atoms with Gasteiger partial charge in [0.15, 0.2) is 11.4 Å². The fourth-order valence-corrected chi connectivity index (χ4v) is 0.933. The fraction of sp³-hybridized carbons (Fsp3) is 0.500. The summed E-state index contributed by atoms with van der Waals surface area (Å²) in [5, 5.41) is 11.4. The van der Waals surface area contributed by atoms with Gasteiger partial charge >= 0.3 is 0 Å². The van der Waals surface area contributed by atoms with Crippen LogP contribution in [0.3, 0.4) is 0 Å². The molecular weight excluding hydrogens is 170 g/mol. The molecule has 0 saturated carbocycles. The third-order valence-electron chi connectivity index (χ3n) is 1.09. The average molecular weight is 181 g/mol. The number of amidine groups is 1. The molecule has 0 unspecified atom stereocenters. The van der Waals surface area contributed by atoms with E-state index in [0.29, 0.717) is 11.7 Å². The summed E-state index contributed by atoms with van der Waals surface area (Å²) in [6.45, 7) is 0.676. The first-order valence-corrected chi connectivity index (χ1v) is 4.74. The van der Waals surface area contributed by atoms with Gasteiger partial charge in [0.05, 0.1) is 0 Å². The van der Waals surface area contributed by atoms with Crippen LogP contribution in [0, 0.1) is 23.8 Å². The number of thioether (sulfide) groups is 1. The van der Waals surface area contributed by atoms with Crippen molar-refractivity contribution >= 4 is 16.9 Å². The molecule has 64 valence electrons. The average Bonchev–Trinajstić information content (AvgIpc) is 2.10. The maximum Gasteiger partial charge on any atom is 0.183 e. The summed E-state index contributed by atoms with van der Waals surface area (Å²) in [6.07, 6.45) is 10.4. The molecule has 0 heterocycles. The predicted octanol–water partition coefficient (Wildman–Crippen LogP) is 1.19. The minimum absolute atomic E-state index is 0.648. The Bertz CT molecular complexity index is 221. The highest BCUT2D eigenvalue weighted by molar-refractivity contribution is 8.13. The number of nitriles is 1. The highest BCUT2D eigenvalue weighted by Crippen LogP contribution is 1.96. The predicted molar refractivity (Wildman–Crippen MR) is 52.6 cm³/mol. The molecule has 3 nitrogen and oxygen atoms in total. The van der Waals surface area contributed by atoms with E-state index in [9.17, 15) is 0 Å². The van der Waals surface area contributed by atoms with Gasteiger partial charge in [0.2, 0.25) is 0 Å². The maximum absolute atomic E-state index is 8.28. The van der Waals surface area contributed by atoms with Crippen LogP contribution in [-0.2, 0) is 0 Å². The molecule has 0 aromatic carbocycles. The molecule has 0 aromatic heterocycles. The summed E-state index contributed by atoms with van der Waals surface area (Å²) < 4.78 is 0. The largest absolute Gasteiger partial charge is 0.272 e. The van der Waals surface area contributed by atoms with E-state index in [1.54, 1.807) is 0 Å². The lowest BCUT2D eigenvalue weighted by Crippen LogP contribution is -2.13. The fourth-order valence-electron chi connectivity index (χ4n) is 0.565. The third kappa shape index (κ3) is 5.64. The number of unbranched alkanes of at least 4 members (excludes halogenated alkanes) is 1. The zero-order valence-electron chi connectivity index (χ0n) is 7.00.